The van der Waals surface area contributed by atoms with Gasteiger partial charge in [0.05, 0.1) is 23.7 Å². The summed E-state index contributed by atoms with van der Waals surface area (Å²) >= 11 is 7.29. The lowest BCUT2D eigenvalue weighted by Gasteiger charge is -2.17. The molecule has 370 valence electrons. The molecule has 4 N–H and O–H groups in total. The molecule has 0 atom stereocenters. The van der Waals surface area contributed by atoms with Crippen LogP contribution in [0.5, 0.6) is 0 Å². The molecule has 6 aromatic carbocycles. The van der Waals surface area contributed by atoms with Gasteiger partial charge < -0.3 is 20.1 Å². The fourth-order valence-electron chi connectivity index (χ4n) is 10.9. The summed E-state index contributed by atoms with van der Waals surface area (Å²) in [6.07, 6.45) is 8.66. The van der Waals surface area contributed by atoms with Crippen LogP contribution in [0.1, 0.15) is 152 Å². The average Bonchev–Trinajstić information content (AvgIpc) is 4.20. The maximum atomic E-state index is 9.10. The summed E-state index contributed by atoms with van der Waals surface area (Å²) < 4.78 is 2.19. The van der Waals surface area contributed by atoms with Gasteiger partial charge in [-0.15, -0.1) is 0 Å². The van der Waals surface area contributed by atoms with Gasteiger partial charge in [-0.2, -0.15) is 0 Å². The van der Waals surface area contributed by atoms with Crippen molar-refractivity contribution in [3.05, 3.63) is 221 Å². The van der Waals surface area contributed by atoms with E-state index in [4.69, 9.17) is 10.1 Å². The maximum Gasteiger partial charge on any atom is 0.0831 e. The standard InChI is InChI=1S/C33H31BrN2.C20H22BrN.C13H13NO/c1-19(2)22-11-13-28(29(16-22)20(3)4)33-30-17-24(34)12-14-27(30)31(36-33)18-25-15-23-10-9-21-7-5-6-8-26(21)32(23)35-25;1-12(2)14-6-8-17(18(9-14)13(3)4)20-19-10-16(21)7-5-15(19)11-22-20;15-8-11-7-10-6-5-9-3-1-2-4-12(9)13(10)14-11/h5-8,11-20,35H,9-10H2,1-4H3;5-13,22H,1-4H3;1-4,7,14-15H,5-6,8H2. The Morgan fingerprint density at radius 3 is 1.68 bits per heavy atom. The van der Waals surface area contributed by atoms with Crippen molar-refractivity contribution in [2.75, 3.05) is 0 Å². The summed E-state index contributed by atoms with van der Waals surface area (Å²) in [4.78, 5) is 15.7. The SMILES string of the molecule is CC(C)c1ccc(-c2[nH]cc3ccc(Br)cc23)c(C(C)C)c1.CC(C)c1ccc(C2=NC(=Cc3cc4c([nH]3)-c3ccccc3CC4)c3ccc(Br)cc32)c(C(C)C)c1.OCc1cc2c([nH]1)-c1ccccc1CC2. The van der Waals surface area contributed by atoms with E-state index >= 15 is 0 Å². The molecule has 4 heterocycles. The largest absolute Gasteiger partial charge is 0.390 e. The van der Waals surface area contributed by atoms with Gasteiger partial charge in [-0.1, -0.05) is 184 Å². The van der Waals surface area contributed by atoms with Gasteiger partial charge in [0.2, 0.25) is 0 Å². The number of aryl methyl sites for hydroxylation is 4. The Morgan fingerprint density at radius 1 is 0.507 bits per heavy atom. The summed E-state index contributed by atoms with van der Waals surface area (Å²) in [5.41, 5.74) is 26.4. The fraction of sp³-hybridized carbons (Fsp3) is 0.258. The van der Waals surface area contributed by atoms with Crippen molar-refractivity contribution in [1.82, 2.24) is 15.0 Å². The van der Waals surface area contributed by atoms with Crippen LogP contribution in [0, 0.1) is 0 Å². The molecule has 7 heteroatoms. The molecule has 0 spiro atoms. The molecular formula is C66H66Br2N4O. The quantitative estimate of drug-likeness (QED) is 0.120. The second-order valence-electron chi connectivity index (χ2n) is 21.2. The number of halogens is 2. The minimum Gasteiger partial charge on any atom is -0.390 e. The summed E-state index contributed by atoms with van der Waals surface area (Å²) in [5.74, 6) is 1.98. The van der Waals surface area contributed by atoms with Crippen LogP contribution in [0.2, 0.25) is 0 Å². The molecule has 0 fully saturated rings. The van der Waals surface area contributed by atoms with Crippen molar-refractivity contribution in [2.45, 2.75) is 111 Å². The van der Waals surface area contributed by atoms with E-state index in [0.29, 0.717) is 23.7 Å². The van der Waals surface area contributed by atoms with E-state index in [1.165, 1.54) is 106 Å². The Kier molecular flexibility index (Phi) is 14.7. The summed E-state index contributed by atoms with van der Waals surface area (Å²) in [5, 5.41) is 11.6. The smallest absolute Gasteiger partial charge is 0.0831 e. The van der Waals surface area contributed by atoms with Gasteiger partial charge in [-0.3, -0.25) is 0 Å². The highest BCUT2D eigenvalue weighted by Crippen LogP contribution is 2.41. The highest BCUT2D eigenvalue weighted by Gasteiger charge is 2.26. The number of rotatable bonds is 8. The predicted molar refractivity (Wildman–Crippen MR) is 315 cm³/mol. The Morgan fingerprint density at radius 2 is 1.05 bits per heavy atom. The number of nitrogens with one attached hydrogen (secondary N) is 3. The Labute approximate surface area is 448 Å². The Bertz CT molecular complexity index is 3560. The van der Waals surface area contributed by atoms with Crippen LogP contribution in [-0.2, 0) is 32.3 Å². The molecule has 0 bridgehead atoms. The first-order chi connectivity index (χ1) is 35.2. The third-order valence-corrected chi connectivity index (χ3v) is 15.9. The minimum absolute atomic E-state index is 0.0924. The summed E-state index contributed by atoms with van der Waals surface area (Å²) in [7, 11) is 0. The van der Waals surface area contributed by atoms with Crippen molar-refractivity contribution in [3.63, 3.8) is 0 Å². The zero-order chi connectivity index (χ0) is 51.1. The maximum absolute atomic E-state index is 9.10. The van der Waals surface area contributed by atoms with Gasteiger partial charge in [0.25, 0.3) is 0 Å². The van der Waals surface area contributed by atoms with E-state index in [1.54, 1.807) is 0 Å². The third kappa shape index (κ3) is 10.3. The molecule has 9 aromatic rings. The number of aliphatic hydroxyl groups is 1. The van der Waals surface area contributed by atoms with E-state index in [0.717, 1.165) is 57.4 Å². The first-order valence-electron chi connectivity index (χ1n) is 26.1. The number of benzene rings is 6. The van der Waals surface area contributed by atoms with Crippen molar-refractivity contribution >= 4 is 60.1 Å². The Balaban J connectivity index is 0.000000140. The molecule has 0 amide bonds. The molecule has 3 aliphatic rings. The molecule has 3 aromatic heterocycles. The van der Waals surface area contributed by atoms with Crippen LogP contribution < -0.4 is 0 Å². The molecule has 0 unspecified atom stereocenters. The van der Waals surface area contributed by atoms with Gasteiger partial charge in [0.15, 0.2) is 0 Å². The van der Waals surface area contributed by atoms with Gasteiger partial charge >= 0.3 is 0 Å². The number of aromatic amines is 3. The number of hydrogen-bond acceptors (Lipinski definition) is 2. The number of fused-ring (bicyclic) bond motifs is 8. The monoisotopic (exact) mass is 1090 g/mol. The normalized spacial score (nSPS) is 13.8. The number of aromatic nitrogens is 3. The van der Waals surface area contributed by atoms with E-state index in [1.807, 2.05) is 0 Å². The number of aliphatic hydroxyl groups excluding tert-OH is 1. The van der Waals surface area contributed by atoms with Crippen molar-refractivity contribution in [1.29, 1.82) is 0 Å². The second-order valence-corrected chi connectivity index (χ2v) is 23.0. The second kappa shape index (κ2) is 21.3. The first kappa shape index (κ1) is 50.3. The van der Waals surface area contributed by atoms with Crippen molar-refractivity contribution in [3.8, 4) is 33.8 Å². The summed E-state index contributed by atoms with van der Waals surface area (Å²) in [6.45, 7) is 18.2. The summed E-state index contributed by atoms with van der Waals surface area (Å²) in [6, 6.07) is 48.4. The lowest BCUT2D eigenvalue weighted by molar-refractivity contribution is 0.277. The fourth-order valence-corrected chi connectivity index (χ4v) is 11.6. The van der Waals surface area contributed by atoms with Crippen LogP contribution >= 0.6 is 31.9 Å². The zero-order valence-corrected chi connectivity index (χ0v) is 46.5. The van der Waals surface area contributed by atoms with Crippen LogP contribution in [0.25, 0.3) is 56.3 Å². The van der Waals surface area contributed by atoms with Crippen LogP contribution in [0.4, 0.5) is 0 Å². The zero-order valence-electron chi connectivity index (χ0n) is 43.4. The highest BCUT2D eigenvalue weighted by atomic mass is 79.9. The van der Waals surface area contributed by atoms with Gasteiger partial charge in [0, 0.05) is 76.7 Å². The first-order valence-corrected chi connectivity index (χ1v) is 27.7. The number of hydrogen-bond donors (Lipinski definition) is 4. The van der Waals surface area contributed by atoms with E-state index < -0.39 is 0 Å². The molecule has 0 radical (unpaired) electrons. The van der Waals surface area contributed by atoms with Gasteiger partial charge in [0.1, 0.15) is 0 Å². The topological polar surface area (TPSA) is 80.0 Å². The lowest BCUT2D eigenvalue weighted by atomic mass is 9.87. The van der Waals surface area contributed by atoms with Crippen LogP contribution in [-0.4, -0.2) is 25.8 Å². The third-order valence-electron chi connectivity index (χ3n) is 14.9. The van der Waals surface area contributed by atoms with E-state index in [2.05, 4.69) is 248 Å². The molecule has 5 nitrogen and oxygen atoms in total. The Hall–Kier alpha value is -6.25. The number of nitrogens with zero attached hydrogens (tertiary/aromatic N) is 1. The molecule has 0 saturated heterocycles. The molecule has 1 aliphatic heterocycles. The molecular weight excluding hydrogens is 1020 g/mol. The molecule has 73 heavy (non-hydrogen) atoms. The van der Waals surface area contributed by atoms with E-state index in [9.17, 15) is 0 Å². The van der Waals surface area contributed by atoms with E-state index in [-0.39, 0.29) is 6.61 Å². The average molecular weight is 1090 g/mol. The van der Waals surface area contributed by atoms with Crippen molar-refractivity contribution in [2.24, 2.45) is 4.99 Å². The van der Waals surface area contributed by atoms with Gasteiger partial charge in [-0.25, -0.2) is 4.99 Å². The lowest BCUT2D eigenvalue weighted by Crippen LogP contribution is -2.07. The molecule has 0 saturated carbocycles. The highest BCUT2D eigenvalue weighted by molar-refractivity contribution is 9.10. The molecule has 2 aliphatic carbocycles. The molecule has 12 rings (SSSR count). The number of aliphatic imine (C=N–C) groups is 1. The van der Waals surface area contributed by atoms with Crippen LogP contribution in [0.3, 0.4) is 0 Å². The van der Waals surface area contributed by atoms with Crippen LogP contribution in [0.15, 0.2) is 154 Å². The van der Waals surface area contributed by atoms with Crippen molar-refractivity contribution < 1.29 is 5.11 Å². The number of H-pyrrole nitrogens is 3. The minimum atomic E-state index is 0.0924. The predicted octanol–water partition coefficient (Wildman–Crippen LogP) is 18.3. The van der Waals surface area contributed by atoms with Gasteiger partial charge in [-0.05, 0) is 142 Å².